The fourth-order valence-corrected chi connectivity index (χ4v) is 6.11. The molecule has 0 unspecified atom stereocenters. The maximum atomic E-state index is 12.4. The molecule has 23 heavy (non-hydrogen) atoms. The molecule has 0 aromatic carbocycles. The van der Waals surface area contributed by atoms with Crippen molar-refractivity contribution in [2.24, 2.45) is 28.6 Å². The molecular weight excluding hydrogens is 288 g/mol. The second kappa shape index (κ2) is 5.12. The summed E-state index contributed by atoms with van der Waals surface area (Å²) in [6, 6.07) is 2.08. The molecule has 3 heteroatoms. The Bertz CT molecular complexity index is 592. The van der Waals surface area contributed by atoms with Crippen molar-refractivity contribution in [3.05, 3.63) is 24.2 Å². The number of rotatable bonds is 3. The van der Waals surface area contributed by atoms with Crippen molar-refractivity contribution in [1.29, 1.82) is 0 Å². The van der Waals surface area contributed by atoms with Crippen molar-refractivity contribution in [2.45, 2.75) is 65.4 Å². The van der Waals surface area contributed by atoms with Crippen LogP contribution >= 0.6 is 0 Å². The number of carbonyl (C=O) groups is 1. The summed E-state index contributed by atoms with van der Waals surface area (Å²) in [4.78, 5) is 12.4. The molecular formula is C20H28O3. The van der Waals surface area contributed by atoms with E-state index in [2.05, 4.69) is 26.8 Å². The van der Waals surface area contributed by atoms with E-state index in [9.17, 15) is 4.79 Å². The quantitative estimate of drug-likeness (QED) is 0.765. The third-order valence-electron chi connectivity index (χ3n) is 7.75. The van der Waals surface area contributed by atoms with Gasteiger partial charge < -0.3 is 9.15 Å². The number of hydrogen-bond donors (Lipinski definition) is 0. The SMILES string of the molecule is C[C@@H]1C[C@@H]2OC(=O)[C@@H]3CCC[C@H]([C@@]1(C)CCc1ccoc1)[C@@]23C. The first kappa shape index (κ1) is 15.3. The molecule has 6 atom stereocenters. The van der Waals surface area contributed by atoms with E-state index < -0.39 is 0 Å². The number of aryl methyl sites for hydroxylation is 1. The standard InChI is InChI=1S/C20H28O3/c1-13-11-17-20(3)15(18(21)23-17)5-4-6-16(20)19(13,2)9-7-14-8-10-22-12-14/h8,10,12-13,15-17H,4-7,9,11H2,1-3H3/t13-,15+,16-,17+,19+,20+/m1/s1. The van der Waals surface area contributed by atoms with Gasteiger partial charge in [-0.2, -0.15) is 0 Å². The van der Waals surface area contributed by atoms with Crippen LogP contribution in [0.5, 0.6) is 0 Å². The van der Waals surface area contributed by atoms with E-state index in [-0.39, 0.29) is 28.8 Å². The van der Waals surface area contributed by atoms with Gasteiger partial charge in [-0.05, 0) is 61.0 Å². The van der Waals surface area contributed by atoms with Gasteiger partial charge in [0.05, 0.1) is 18.4 Å². The van der Waals surface area contributed by atoms with Crippen molar-refractivity contribution in [1.82, 2.24) is 0 Å². The molecule has 1 aromatic rings. The highest BCUT2D eigenvalue weighted by Crippen LogP contribution is 2.66. The summed E-state index contributed by atoms with van der Waals surface area (Å²) in [5.74, 6) is 1.38. The predicted molar refractivity (Wildman–Crippen MR) is 87.7 cm³/mol. The summed E-state index contributed by atoms with van der Waals surface area (Å²) < 4.78 is 11.1. The van der Waals surface area contributed by atoms with Crippen LogP contribution in [0, 0.1) is 28.6 Å². The second-order valence-electron chi connectivity index (χ2n) is 8.60. The lowest BCUT2D eigenvalue weighted by molar-refractivity contribution is -0.148. The largest absolute Gasteiger partial charge is 0.472 e. The van der Waals surface area contributed by atoms with Gasteiger partial charge in [0, 0.05) is 5.41 Å². The molecule has 0 spiro atoms. The van der Waals surface area contributed by atoms with Gasteiger partial charge >= 0.3 is 5.97 Å². The first-order valence-corrected chi connectivity index (χ1v) is 9.18. The lowest BCUT2D eigenvalue weighted by atomic mass is 9.44. The van der Waals surface area contributed by atoms with Crippen LogP contribution in [0.15, 0.2) is 23.0 Å². The molecule has 2 heterocycles. The Morgan fingerprint density at radius 2 is 2.13 bits per heavy atom. The summed E-state index contributed by atoms with van der Waals surface area (Å²) >= 11 is 0. The molecule has 4 rings (SSSR count). The molecule has 1 saturated heterocycles. The molecule has 2 saturated carbocycles. The van der Waals surface area contributed by atoms with Crippen LogP contribution in [0.25, 0.3) is 0 Å². The Labute approximate surface area is 138 Å². The third kappa shape index (κ3) is 2.04. The lowest BCUT2D eigenvalue weighted by Gasteiger charge is -2.59. The van der Waals surface area contributed by atoms with E-state index in [1.54, 1.807) is 6.26 Å². The highest BCUT2D eigenvalue weighted by molar-refractivity contribution is 5.76. The fourth-order valence-electron chi connectivity index (χ4n) is 6.11. The van der Waals surface area contributed by atoms with Crippen LogP contribution in [-0.4, -0.2) is 12.1 Å². The summed E-state index contributed by atoms with van der Waals surface area (Å²) in [6.07, 6.45) is 10.5. The van der Waals surface area contributed by atoms with Gasteiger partial charge in [-0.1, -0.05) is 27.2 Å². The van der Waals surface area contributed by atoms with Gasteiger partial charge in [-0.3, -0.25) is 4.79 Å². The molecule has 2 aliphatic carbocycles. The Balaban J connectivity index is 1.65. The van der Waals surface area contributed by atoms with Gasteiger partial charge in [0.15, 0.2) is 0 Å². The maximum absolute atomic E-state index is 12.4. The van der Waals surface area contributed by atoms with Gasteiger partial charge in [0.25, 0.3) is 0 Å². The first-order valence-electron chi connectivity index (χ1n) is 9.18. The van der Waals surface area contributed by atoms with Gasteiger partial charge in [-0.15, -0.1) is 0 Å². The highest BCUT2D eigenvalue weighted by atomic mass is 16.6. The van der Waals surface area contributed by atoms with Crippen LogP contribution < -0.4 is 0 Å². The highest BCUT2D eigenvalue weighted by Gasteiger charge is 2.66. The first-order chi connectivity index (χ1) is 11.0. The maximum Gasteiger partial charge on any atom is 0.309 e. The minimum absolute atomic E-state index is 0.0486. The summed E-state index contributed by atoms with van der Waals surface area (Å²) in [7, 11) is 0. The van der Waals surface area contributed by atoms with Crippen molar-refractivity contribution < 1.29 is 13.9 Å². The number of ether oxygens (including phenoxy) is 1. The van der Waals surface area contributed by atoms with Crippen LogP contribution in [-0.2, 0) is 16.0 Å². The van der Waals surface area contributed by atoms with Crippen molar-refractivity contribution in [3.8, 4) is 0 Å². The normalized spacial score (nSPS) is 45.6. The molecule has 3 nitrogen and oxygen atoms in total. The monoisotopic (exact) mass is 316 g/mol. The number of hydrogen-bond acceptors (Lipinski definition) is 3. The Hall–Kier alpha value is -1.25. The van der Waals surface area contributed by atoms with Gasteiger partial charge in [0.2, 0.25) is 0 Å². The van der Waals surface area contributed by atoms with Crippen LogP contribution in [0.1, 0.15) is 58.4 Å². The van der Waals surface area contributed by atoms with E-state index in [4.69, 9.17) is 9.15 Å². The fraction of sp³-hybridized carbons (Fsp3) is 0.750. The topological polar surface area (TPSA) is 39.4 Å². The zero-order valence-electron chi connectivity index (χ0n) is 14.5. The molecule has 0 radical (unpaired) electrons. The van der Waals surface area contributed by atoms with E-state index in [1.807, 2.05) is 6.26 Å². The lowest BCUT2D eigenvalue weighted by Crippen LogP contribution is -2.57. The van der Waals surface area contributed by atoms with Crippen molar-refractivity contribution >= 4 is 5.97 Å². The number of esters is 1. The summed E-state index contributed by atoms with van der Waals surface area (Å²) in [5.41, 5.74) is 1.61. The van der Waals surface area contributed by atoms with E-state index in [0.717, 1.165) is 19.3 Å². The molecule has 1 aliphatic heterocycles. The van der Waals surface area contributed by atoms with Crippen LogP contribution in [0.3, 0.4) is 0 Å². The zero-order chi connectivity index (χ0) is 16.2. The van der Waals surface area contributed by atoms with Gasteiger partial charge in [0.1, 0.15) is 6.10 Å². The second-order valence-corrected chi connectivity index (χ2v) is 8.60. The van der Waals surface area contributed by atoms with Crippen molar-refractivity contribution in [3.63, 3.8) is 0 Å². The van der Waals surface area contributed by atoms with E-state index in [0.29, 0.717) is 11.8 Å². The molecule has 0 N–H and O–H groups in total. The zero-order valence-corrected chi connectivity index (χ0v) is 14.5. The average Bonchev–Trinajstić information content (AvgIpc) is 3.11. The molecule has 126 valence electrons. The minimum Gasteiger partial charge on any atom is -0.472 e. The Morgan fingerprint density at radius 1 is 1.30 bits per heavy atom. The molecule has 1 aromatic heterocycles. The van der Waals surface area contributed by atoms with Crippen LogP contribution in [0.4, 0.5) is 0 Å². The average molecular weight is 316 g/mol. The van der Waals surface area contributed by atoms with Gasteiger partial charge in [-0.25, -0.2) is 0 Å². The molecule has 3 fully saturated rings. The van der Waals surface area contributed by atoms with E-state index in [1.165, 1.54) is 24.8 Å². The van der Waals surface area contributed by atoms with Crippen molar-refractivity contribution in [2.75, 3.05) is 0 Å². The summed E-state index contributed by atoms with van der Waals surface area (Å²) in [5, 5.41) is 0. The van der Waals surface area contributed by atoms with E-state index >= 15 is 0 Å². The Kier molecular flexibility index (Phi) is 3.40. The molecule has 0 bridgehead atoms. The smallest absolute Gasteiger partial charge is 0.309 e. The molecule has 0 amide bonds. The third-order valence-corrected chi connectivity index (χ3v) is 7.75. The number of carbonyl (C=O) groups excluding carboxylic acids is 1. The predicted octanol–water partition coefficient (Wildman–Crippen LogP) is 4.61. The molecule has 3 aliphatic rings. The Morgan fingerprint density at radius 3 is 2.87 bits per heavy atom. The minimum atomic E-state index is 0.0486. The summed E-state index contributed by atoms with van der Waals surface area (Å²) in [6.45, 7) is 7.18. The number of furan rings is 1. The van der Waals surface area contributed by atoms with Crippen LogP contribution in [0.2, 0.25) is 0 Å².